The number of nitrogens with zero attached hydrogens (tertiary/aromatic N) is 1. The first kappa shape index (κ1) is 20.8. The number of anilines is 1. The number of rotatable bonds is 5. The Balaban J connectivity index is 1.62. The highest BCUT2D eigenvalue weighted by atomic mass is 35.5. The van der Waals surface area contributed by atoms with Gasteiger partial charge in [0.15, 0.2) is 11.5 Å². The third kappa shape index (κ3) is 3.92. The van der Waals surface area contributed by atoms with E-state index >= 15 is 0 Å². The summed E-state index contributed by atoms with van der Waals surface area (Å²) in [5, 5.41) is 2.97. The third-order valence-electron chi connectivity index (χ3n) is 5.04. The lowest BCUT2D eigenvalue weighted by Gasteiger charge is -2.26. The smallest absolute Gasteiger partial charge is 0.255 e. The molecule has 1 saturated heterocycles. The van der Waals surface area contributed by atoms with Gasteiger partial charge in [0.1, 0.15) is 10.6 Å². The molecule has 4 rings (SSSR count). The highest BCUT2D eigenvalue weighted by Crippen LogP contribution is 2.40. The van der Waals surface area contributed by atoms with Crippen molar-refractivity contribution in [3.63, 3.8) is 0 Å². The van der Waals surface area contributed by atoms with Gasteiger partial charge < -0.3 is 19.5 Å². The van der Waals surface area contributed by atoms with Crippen LogP contribution in [0.4, 0.5) is 5.69 Å². The predicted molar refractivity (Wildman–Crippen MR) is 111 cm³/mol. The Morgan fingerprint density at radius 1 is 1.13 bits per heavy atom. The van der Waals surface area contributed by atoms with Crippen molar-refractivity contribution in [2.75, 3.05) is 32.3 Å². The Labute approximate surface area is 179 Å². The Morgan fingerprint density at radius 3 is 2.63 bits per heavy atom. The lowest BCUT2D eigenvalue weighted by Crippen LogP contribution is -2.35. The van der Waals surface area contributed by atoms with Gasteiger partial charge >= 0.3 is 0 Å². The van der Waals surface area contributed by atoms with Gasteiger partial charge in [0.2, 0.25) is 16.8 Å². The van der Waals surface area contributed by atoms with E-state index < -0.39 is 15.9 Å². The molecule has 0 atom stereocenters. The highest BCUT2D eigenvalue weighted by Gasteiger charge is 2.29. The zero-order valence-corrected chi connectivity index (χ0v) is 17.9. The number of carbonyl (C=O) groups excluding carboxylic acids is 1. The highest BCUT2D eigenvalue weighted by molar-refractivity contribution is 7.89. The molecule has 2 aliphatic heterocycles. The summed E-state index contributed by atoms with van der Waals surface area (Å²) in [6.07, 6.45) is 2.66. The van der Waals surface area contributed by atoms with Crippen molar-refractivity contribution in [2.24, 2.45) is 0 Å². The van der Waals surface area contributed by atoms with Gasteiger partial charge in [-0.1, -0.05) is 18.0 Å². The maximum absolute atomic E-state index is 13.1. The topological polar surface area (TPSA) is 94.2 Å². The van der Waals surface area contributed by atoms with Crippen molar-refractivity contribution in [1.29, 1.82) is 0 Å². The quantitative estimate of drug-likeness (QED) is 0.746. The second-order valence-corrected chi connectivity index (χ2v) is 9.29. The maximum Gasteiger partial charge on any atom is 0.255 e. The molecule has 30 heavy (non-hydrogen) atoms. The third-order valence-corrected chi connectivity index (χ3v) is 7.24. The van der Waals surface area contributed by atoms with E-state index in [1.165, 1.54) is 35.7 Å². The van der Waals surface area contributed by atoms with E-state index in [9.17, 15) is 13.2 Å². The molecule has 2 aromatic carbocycles. The Kier molecular flexibility index (Phi) is 5.77. The summed E-state index contributed by atoms with van der Waals surface area (Å²) in [5.41, 5.74) is 0.589. The van der Waals surface area contributed by atoms with Crippen LogP contribution < -0.4 is 19.5 Å². The van der Waals surface area contributed by atoms with Crippen LogP contribution in [-0.4, -0.2) is 45.6 Å². The number of piperidine rings is 1. The van der Waals surface area contributed by atoms with Gasteiger partial charge in [0.25, 0.3) is 5.91 Å². The molecule has 1 fully saturated rings. The maximum atomic E-state index is 13.1. The van der Waals surface area contributed by atoms with Crippen LogP contribution in [0, 0.1) is 0 Å². The molecule has 2 aliphatic rings. The van der Waals surface area contributed by atoms with E-state index in [1.54, 1.807) is 6.07 Å². The molecule has 0 spiro atoms. The normalized spacial score (nSPS) is 16.3. The largest absolute Gasteiger partial charge is 0.495 e. The van der Waals surface area contributed by atoms with E-state index in [0.717, 1.165) is 19.3 Å². The number of hydrogen-bond donors (Lipinski definition) is 1. The minimum Gasteiger partial charge on any atom is -0.495 e. The number of benzene rings is 2. The number of sulfonamides is 1. The number of ether oxygens (including phenoxy) is 3. The minimum absolute atomic E-state index is 0.0217. The van der Waals surface area contributed by atoms with Crippen LogP contribution in [0.2, 0.25) is 5.02 Å². The summed E-state index contributed by atoms with van der Waals surface area (Å²) in [6, 6.07) is 7.52. The lowest BCUT2D eigenvalue weighted by atomic mass is 10.2. The number of halogens is 1. The average molecular weight is 453 g/mol. The summed E-state index contributed by atoms with van der Waals surface area (Å²) in [6.45, 7) is 0.978. The summed E-state index contributed by atoms with van der Waals surface area (Å²) < 4.78 is 43.5. The number of carbonyl (C=O) groups is 1. The number of methoxy groups -OCH3 is 1. The van der Waals surface area contributed by atoms with Crippen LogP contribution in [0.3, 0.4) is 0 Å². The number of amides is 1. The molecule has 0 bridgehead atoms. The van der Waals surface area contributed by atoms with Gasteiger partial charge in [0.05, 0.1) is 12.1 Å². The molecule has 2 heterocycles. The first-order valence-electron chi connectivity index (χ1n) is 9.49. The predicted octanol–water partition coefficient (Wildman–Crippen LogP) is 3.50. The lowest BCUT2D eigenvalue weighted by molar-refractivity contribution is 0.102. The van der Waals surface area contributed by atoms with Gasteiger partial charge in [-0.2, -0.15) is 4.31 Å². The summed E-state index contributed by atoms with van der Waals surface area (Å²) in [5.74, 6) is 0.551. The van der Waals surface area contributed by atoms with Crippen molar-refractivity contribution in [2.45, 2.75) is 24.2 Å². The Hall–Kier alpha value is -2.49. The van der Waals surface area contributed by atoms with Gasteiger partial charge in [-0.25, -0.2) is 8.42 Å². The molecule has 0 aromatic heterocycles. The van der Waals surface area contributed by atoms with Crippen molar-refractivity contribution < 1.29 is 27.4 Å². The van der Waals surface area contributed by atoms with Crippen molar-refractivity contribution in [3.05, 3.63) is 40.9 Å². The molecular weight excluding hydrogens is 432 g/mol. The van der Waals surface area contributed by atoms with Gasteiger partial charge in [-0.3, -0.25) is 4.79 Å². The van der Waals surface area contributed by atoms with Gasteiger partial charge in [0, 0.05) is 24.3 Å². The summed E-state index contributed by atoms with van der Waals surface area (Å²) in [4.78, 5) is 12.7. The molecule has 0 radical (unpaired) electrons. The van der Waals surface area contributed by atoms with Crippen LogP contribution in [-0.2, 0) is 10.0 Å². The second-order valence-electron chi connectivity index (χ2n) is 6.98. The Bertz CT molecular complexity index is 1080. The zero-order valence-electron chi connectivity index (χ0n) is 16.3. The first-order valence-corrected chi connectivity index (χ1v) is 11.3. The van der Waals surface area contributed by atoms with Crippen molar-refractivity contribution >= 4 is 33.2 Å². The van der Waals surface area contributed by atoms with Crippen LogP contribution in [0.15, 0.2) is 35.2 Å². The molecule has 160 valence electrons. The van der Waals surface area contributed by atoms with Crippen LogP contribution in [0.1, 0.15) is 29.6 Å². The fourth-order valence-electron chi connectivity index (χ4n) is 3.50. The van der Waals surface area contributed by atoms with E-state index in [1.807, 2.05) is 0 Å². The monoisotopic (exact) mass is 452 g/mol. The van der Waals surface area contributed by atoms with Crippen molar-refractivity contribution in [3.8, 4) is 17.2 Å². The van der Waals surface area contributed by atoms with E-state index in [0.29, 0.717) is 30.3 Å². The van der Waals surface area contributed by atoms with Crippen molar-refractivity contribution in [1.82, 2.24) is 4.31 Å². The molecule has 10 heteroatoms. The fraction of sp³-hybridized carbons (Fsp3) is 0.350. The van der Waals surface area contributed by atoms with Crippen LogP contribution >= 0.6 is 11.6 Å². The van der Waals surface area contributed by atoms with E-state index in [4.69, 9.17) is 25.8 Å². The SMILES string of the molecule is COc1ccc(NC(=O)c2cc(Cl)c3c(c2)OCO3)cc1S(=O)(=O)N1CCCCC1. The van der Waals surface area contributed by atoms with Gasteiger partial charge in [-0.15, -0.1) is 0 Å². The molecule has 2 aromatic rings. The molecule has 8 nitrogen and oxygen atoms in total. The molecule has 1 amide bonds. The van der Waals surface area contributed by atoms with E-state index in [-0.39, 0.29) is 28.0 Å². The standard InChI is InChI=1S/C20H21ClN2O6S/c1-27-16-6-5-14(11-18(16)30(25,26)23-7-3-2-4-8-23)22-20(24)13-9-15(21)19-17(10-13)28-12-29-19/h5-6,9-11H,2-4,7-8,12H2,1H3,(H,22,24). The summed E-state index contributed by atoms with van der Waals surface area (Å²) >= 11 is 6.15. The zero-order chi connectivity index (χ0) is 21.3. The molecule has 0 saturated carbocycles. The van der Waals surface area contributed by atoms with Crippen LogP contribution in [0.5, 0.6) is 17.2 Å². The number of fused-ring (bicyclic) bond motifs is 1. The number of hydrogen-bond acceptors (Lipinski definition) is 6. The molecule has 0 unspecified atom stereocenters. The molecule has 1 N–H and O–H groups in total. The van der Waals surface area contributed by atoms with Crippen LogP contribution in [0.25, 0.3) is 0 Å². The first-order chi connectivity index (χ1) is 14.4. The summed E-state index contributed by atoms with van der Waals surface area (Å²) in [7, 11) is -2.33. The average Bonchev–Trinajstić information content (AvgIpc) is 3.23. The molecule has 0 aliphatic carbocycles. The van der Waals surface area contributed by atoms with E-state index in [2.05, 4.69) is 5.32 Å². The molecular formula is C20H21ClN2O6S. The minimum atomic E-state index is -3.74. The fourth-order valence-corrected chi connectivity index (χ4v) is 5.47. The second kappa shape index (κ2) is 8.33. The Morgan fingerprint density at radius 2 is 1.90 bits per heavy atom. The number of nitrogens with one attached hydrogen (secondary N) is 1. The van der Waals surface area contributed by atoms with Gasteiger partial charge in [-0.05, 0) is 43.2 Å².